The van der Waals surface area contributed by atoms with Crippen molar-refractivity contribution in [2.75, 3.05) is 5.32 Å². The highest BCUT2D eigenvalue weighted by Crippen LogP contribution is 2.34. The largest absolute Gasteiger partial charge is 0.391 e. The second kappa shape index (κ2) is 6.89. The van der Waals surface area contributed by atoms with Gasteiger partial charge in [0.1, 0.15) is 0 Å². The molecule has 1 fully saturated rings. The predicted octanol–water partition coefficient (Wildman–Crippen LogP) is 2.23. The van der Waals surface area contributed by atoms with Gasteiger partial charge in [0.25, 0.3) is 0 Å². The number of amides is 1. The zero-order chi connectivity index (χ0) is 13.1. The number of nitrogens with one attached hydrogen (secondary N) is 1. The first-order valence-corrected chi connectivity index (χ1v) is 6.39. The Balaban J connectivity index is 0.00000180. The summed E-state index contributed by atoms with van der Waals surface area (Å²) >= 11 is 0. The maximum atomic E-state index is 10.9. The fourth-order valence-electron chi connectivity index (χ4n) is 2.26. The van der Waals surface area contributed by atoms with Gasteiger partial charge < -0.3 is 16.2 Å². The van der Waals surface area contributed by atoms with E-state index in [-0.39, 0.29) is 24.4 Å². The Morgan fingerprint density at radius 3 is 2.37 bits per heavy atom. The second-order valence-corrected chi connectivity index (χ2v) is 5.01. The molecule has 19 heavy (non-hydrogen) atoms. The van der Waals surface area contributed by atoms with E-state index >= 15 is 0 Å². The number of aliphatic hydroxyl groups excluding tert-OH is 1. The van der Waals surface area contributed by atoms with Gasteiger partial charge in [-0.3, -0.25) is 4.79 Å². The summed E-state index contributed by atoms with van der Waals surface area (Å²) in [4.78, 5) is 10.9. The third-order valence-corrected chi connectivity index (χ3v) is 3.62. The minimum atomic E-state index is -0.467. The number of halogens is 1. The summed E-state index contributed by atoms with van der Waals surface area (Å²) in [6.07, 6.45) is 2.86. The van der Waals surface area contributed by atoms with Crippen LogP contribution < -0.4 is 11.1 Å². The monoisotopic (exact) mass is 284 g/mol. The number of aliphatic hydroxyl groups is 1. The topological polar surface area (TPSA) is 75.4 Å². The number of carbonyl (C=O) groups is 1. The second-order valence-electron chi connectivity index (χ2n) is 5.01. The molecule has 4 nitrogen and oxygen atoms in total. The molecule has 5 heteroatoms. The molecular weight excluding hydrogens is 264 g/mol. The van der Waals surface area contributed by atoms with Crippen molar-refractivity contribution in [1.29, 1.82) is 0 Å². The first-order chi connectivity index (χ1) is 8.58. The fraction of sp³-hybridized carbons (Fsp3) is 0.500. The van der Waals surface area contributed by atoms with E-state index in [0.29, 0.717) is 5.92 Å². The van der Waals surface area contributed by atoms with Gasteiger partial charge in [-0.1, -0.05) is 18.6 Å². The lowest BCUT2D eigenvalue weighted by atomic mass is 9.77. The Morgan fingerprint density at radius 1 is 1.37 bits per heavy atom. The van der Waals surface area contributed by atoms with Crippen LogP contribution in [0.2, 0.25) is 0 Å². The summed E-state index contributed by atoms with van der Waals surface area (Å²) in [5.74, 6) is 0.247. The van der Waals surface area contributed by atoms with Crippen molar-refractivity contribution in [3.8, 4) is 0 Å². The van der Waals surface area contributed by atoms with E-state index in [1.807, 2.05) is 24.3 Å². The van der Waals surface area contributed by atoms with Crippen LogP contribution in [0.4, 0.5) is 5.69 Å². The summed E-state index contributed by atoms with van der Waals surface area (Å²) in [7, 11) is 0. The van der Waals surface area contributed by atoms with E-state index in [1.54, 1.807) is 0 Å². The van der Waals surface area contributed by atoms with Crippen molar-refractivity contribution in [1.82, 2.24) is 0 Å². The standard InChI is InChI=1S/C14H20N2O2.ClH/c1-9(17)16-12-7-5-10(6-8-12)13(15)14(18)11-3-2-4-11;/h5-8,11,13-14,18H,2-4,15H2,1H3,(H,16,17);1H/t13-,14+;/m0./s1. The van der Waals surface area contributed by atoms with Crippen molar-refractivity contribution < 1.29 is 9.90 Å². The number of anilines is 1. The van der Waals surface area contributed by atoms with Crippen LogP contribution in [0.3, 0.4) is 0 Å². The van der Waals surface area contributed by atoms with Crippen LogP contribution in [0.15, 0.2) is 24.3 Å². The number of benzene rings is 1. The van der Waals surface area contributed by atoms with E-state index in [1.165, 1.54) is 13.3 Å². The van der Waals surface area contributed by atoms with Crippen LogP contribution in [-0.2, 0) is 4.79 Å². The third-order valence-electron chi connectivity index (χ3n) is 3.62. The highest BCUT2D eigenvalue weighted by Gasteiger charge is 2.30. The normalized spacial score (nSPS) is 17.8. The van der Waals surface area contributed by atoms with Gasteiger partial charge in [0.05, 0.1) is 12.1 Å². The summed E-state index contributed by atoms with van der Waals surface area (Å²) in [5, 5.41) is 12.8. The van der Waals surface area contributed by atoms with Crippen molar-refractivity contribution >= 4 is 24.0 Å². The van der Waals surface area contributed by atoms with Gasteiger partial charge in [-0.05, 0) is 36.5 Å². The van der Waals surface area contributed by atoms with Crippen LogP contribution in [0.5, 0.6) is 0 Å². The number of carbonyl (C=O) groups excluding carboxylic acids is 1. The molecule has 0 aliphatic heterocycles. The Bertz CT molecular complexity index is 418. The molecule has 1 aromatic rings. The van der Waals surface area contributed by atoms with Crippen LogP contribution in [0.25, 0.3) is 0 Å². The van der Waals surface area contributed by atoms with Gasteiger partial charge in [0.15, 0.2) is 0 Å². The van der Waals surface area contributed by atoms with Crippen molar-refractivity contribution in [3.63, 3.8) is 0 Å². The molecule has 106 valence electrons. The molecular formula is C14H21ClN2O2. The molecule has 2 atom stereocenters. The Kier molecular flexibility index (Phi) is 5.79. The van der Waals surface area contributed by atoms with Crippen LogP contribution >= 0.6 is 12.4 Å². The Labute approximate surface area is 119 Å². The fourth-order valence-corrected chi connectivity index (χ4v) is 2.26. The summed E-state index contributed by atoms with van der Waals surface area (Å²) in [6.45, 7) is 1.47. The van der Waals surface area contributed by atoms with Gasteiger partial charge in [0, 0.05) is 12.6 Å². The molecule has 4 N–H and O–H groups in total. The molecule has 0 radical (unpaired) electrons. The minimum absolute atomic E-state index is 0. The predicted molar refractivity (Wildman–Crippen MR) is 78.3 cm³/mol. The smallest absolute Gasteiger partial charge is 0.221 e. The van der Waals surface area contributed by atoms with Crippen molar-refractivity contribution in [2.45, 2.75) is 38.3 Å². The molecule has 1 amide bonds. The van der Waals surface area contributed by atoms with Crippen molar-refractivity contribution in [2.24, 2.45) is 11.7 Å². The number of hydrogen-bond acceptors (Lipinski definition) is 3. The van der Waals surface area contributed by atoms with Gasteiger partial charge in [-0.15, -0.1) is 12.4 Å². The maximum absolute atomic E-state index is 10.9. The lowest BCUT2D eigenvalue weighted by Gasteiger charge is -2.33. The molecule has 1 aromatic carbocycles. The quantitative estimate of drug-likeness (QED) is 0.794. The number of rotatable bonds is 4. The average molecular weight is 285 g/mol. The molecule has 1 aliphatic rings. The molecule has 0 unspecified atom stereocenters. The zero-order valence-electron chi connectivity index (χ0n) is 11.0. The first-order valence-electron chi connectivity index (χ1n) is 6.39. The van der Waals surface area contributed by atoms with Gasteiger partial charge >= 0.3 is 0 Å². The van der Waals surface area contributed by atoms with Gasteiger partial charge in [0.2, 0.25) is 5.91 Å². The van der Waals surface area contributed by atoms with Crippen LogP contribution in [-0.4, -0.2) is 17.1 Å². The molecule has 1 saturated carbocycles. The minimum Gasteiger partial charge on any atom is -0.391 e. The summed E-state index contributed by atoms with van der Waals surface area (Å²) in [6, 6.07) is 6.99. The molecule has 0 heterocycles. The maximum Gasteiger partial charge on any atom is 0.221 e. The number of nitrogens with two attached hydrogens (primary N) is 1. The molecule has 0 bridgehead atoms. The van der Waals surface area contributed by atoms with E-state index in [9.17, 15) is 9.90 Å². The average Bonchev–Trinajstić information content (AvgIpc) is 2.26. The van der Waals surface area contributed by atoms with Crippen molar-refractivity contribution in [3.05, 3.63) is 29.8 Å². The first kappa shape index (κ1) is 16.0. The summed E-state index contributed by atoms with van der Waals surface area (Å²) < 4.78 is 0. The zero-order valence-corrected chi connectivity index (χ0v) is 11.8. The lowest BCUT2D eigenvalue weighted by Crippen LogP contribution is -2.36. The van der Waals surface area contributed by atoms with Crippen LogP contribution in [0.1, 0.15) is 37.8 Å². The highest BCUT2D eigenvalue weighted by atomic mass is 35.5. The highest BCUT2D eigenvalue weighted by molar-refractivity contribution is 5.88. The van der Waals surface area contributed by atoms with Gasteiger partial charge in [-0.25, -0.2) is 0 Å². The molecule has 0 spiro atoms. The molecule has 2 rings (SSSR count). The Hall–Kier alpha value is -1.10. The van der Waals surface area contributed by atoms with Crippen LogP contribution in [0, 0.1) is 5.92 Å². The number of hydrogen-bond donors (Lipinski definition) is 3. The van der Waals surface area contributed by atoms with E-state index in [4.69, 9.17) is 5.73 Å². The third kappa shape index (κ3) is 3.93. The Morgan fingerprint density at radius 2 is 1.95 bits per heavy atom. The molecule has 1 aliphatic carbocycles. The molecule has 0 aromatic heterocycles. The van der Waals surface area contributed by atoms with Gasteiger partial charge in [-0.2, -0.15) is 0 Å². The van der Waals surface area contributed by atoms with E-state index < -0.39 is 6.10 Å². The molecule has 0 saturated heterocycles. The lowest BCUT2D eigenvalue weighted by molar-refractivity contribution is -0.114. The SMILES string of the molecule is CC(=O)Nc1ccc([C@H](N)[C@H](O)C2CCC2)cc1.Cl. The van der Waals surface area contributed by atoms with E-state index in [0.717, 1.165) is 24.1 Å². The van der Waals surface area contributed by atoms with E-state index in [2.05, 4.69) is 5.32 Å². The summed E-state index contributed by atoms with van der Waals surface area (Å²) in [5.41, 5.74) is 7.72.